The van der Waals surface area contributed by atoms with Gasteiger partial charge in [0.2, 0.25) is 0 Å². The Kier molecular flexibility index (Phi) is 2.36. The molecule has 1 nitrogen and oxygen atoms in total. The molecule has 0 saturated heterocycles. The van der Waals surface area contributed by atoms with Crippen molar-refractivity contribution in [2.24, 2.45) is 0 Å². The summed E-state index contributed by atoms with van der Waals surface area (Å²) in [6.07, 6.45) is 0. The van der Waals surface area contributed by atoms with E-state index in [0.717, 1.165) is 11.1 Å². The average molecular weight is 167 g/mol. The number of rotatable bonds is 1. The topological polar surface area (TPSA) is 26.0 Å². The Morgan fingerprint density at radius 2 is 1.92 bits per heavy atom. The summed E-state index contributed by atoms with van der Waals surface area (Å²) in [7, 11) is 0. The number of aryl methyl sites for hydroxylation is 1. The second-order valence-electron chi connectivity index (χ2n) is 3.39. The Hall–Kier alpha value is -1.05. The van der Waals surface area contributed by atoms with Crippen LogP contribution in [-0.4, -0.2) is 0 Å². The summed E-state index contributed by atoms with van der Waals surface area (Å²) in [6.45, 7) is 5.82. The summed E-state index contributed by atoms with van der Waals surface area (Å²) in [4.78, 5) is 0. The molecule has 0 aromatic heterocycles. The molecule has 1 aromatic carbocycles. The lowest BCUT2D eigenvalue weighted by atomic mass is 10.00. The summed E-state index contributed by atoms with van der Waals surface area (Å²) in [6, 6.07) is 3.21. The number of benzene rings is 1. The molecule has 66 valence electrons. The molecule has 2 N–H and O–H groups in total. The van der Waals surface area contributed by atoms with E-state index in [1.54, 1.807) is 0 Å². The quantitative estimate of drug-likeness (QED) is 0.639. The fourth-order valence-corrected chi connectivity index (χ4v) is 1.16. The Labute approximate surface area is 72.4 Å². The van der Waals surface area contributed by atoms with Crippen LogP contribution in [0.15, 0.2) is 12.1 Å². The van der Waals surface area contributed by atoms with Crippen molar-refractivity contribution < 1.29 is 4.39 Å². The smallest absolute Gasteiger partial charge is 0.128 e. The average Bonchev–Trinajstić information content (AvgIpc) is 1.96. The monoisotopic (exact) mass is 167 g/mol. The highest BCUT2D eigenvalue weighted by atomic mass is 19.1. The van der Waals surface area contributed by atoms with Crippen LogP contribution < -0.4 is 5.73 Å². The second-order valence-corrected chi connectivity index (χ2v) is 3.39. The van der Waals surface area contributed by atoms with Gasteiger partial charge in [0.15, 0.2) is 0 Å². The minimum absolute atomic E-state index is 0.201. The largest absolute Gasteiger partial charge is 0.398 e. The molecule has 0 radical (unpaired) electrons. The SMILES string of the molecule is Cc1cc(C(C)C)c(F)cc1N. The highest BCUT2D eigenvalue weighted by Gasteiger charge is 2.08. The third-order valence-corrected chi connectivity index (χ3v) is 2.01. The van der Waals surface area contributed by atoms with Gasteiger partial charge in [0.05, 0.1) is 0 Å². The Balaban J connectivity index is 3.23. The van der Waals surface area contributed by atoms with Gasteiger partial charge in [-0.15, -0.1) is 0 Å². The fourth-order valence-electron chi connectivity index (χ4n) is 1.16. The minimum Gasteiger partial charge on any atom is -0.398 e. The van der Waals surface area contributed by atoms with Crippen LogP contribution >= 0.6 is 0 Å². The maximum Gasteiger partial charge on any atom is 0.128 e. The first-order valence-electron chi connectivity index (χ1n) is 4.08. The van der Waals surface area contributed by atoms with Crippen molar-refractivity contribution in [2.45, 2.75) is 26.7 Å². The lowest BCUT2D eigenvalue weighted by Crippen LogP contribution is -1.98. The van der Waals surface area contributed by atoms with Crippen LogP contribution in [0.4, 0.5) is 10.1 Å². The van der Waals surface area contributed by atoms with Crippen LogP contribution in [0.3, 0.4) is 0 Å². The molecule has 0 unspecified atom stereocenters. The molecule has 0 heterocycles. The summed E-state index contributed by atoms with van der Waals surface area (Å²) < 4.78 is 13.2. The number of hydrogen-bond donors (Lipinski definition) is 1. The number of hydrogen-bond acceptors (Lipinski definition) is 1. The predicted molar refractivity (Wildman–Crippen MR) is 49.6 cm³/mol. The van der Waals surface area contributed by atoms with E-state index in [1.807, 2.05) is 26.8 Å². The van der Waals surface area contributed by atoms with Gasteiger partial charge < -0.3 is 5.73 Å². The van der Waals surface area contributed by atoms with Gasteiger partial charge in [0.1, 0.15) is 5.82 Å². The minimum atomic E-state index is -0.201. The maximum atomic E-state index is 13.2. The Morgan fingerprint density at radius 1 is 1.33 bits per heavy atom. The standard InChI is InChI=1S/C10H14FN/c1-6(2)8-4-7(3)10(12)5-9(8)11/h4-6H,12H2,1-3H3. The van der Waals surface area contributed by atoms with Gasteiger partial charge in [0.25, 0.3) is 0 Å². The molecule has 0 aliphatic rings. The molecule has 1 aromatic rings. The van der Waals surface area contributed by atoms with Crippen LogP contribution in [0.5, 0.6) is 0 Å². The highest BCUT2D eigenvalue weighted by molar-refractivity contribution is 5.48. The van der Waals surface area contributed by atoms with Crippen molar-refractivity contribution in [1.82, 2.24) is 0 Å². The Bertz CT molecular complexity index is 292. The van der Waals surface area contributed by atoms with E-state index in [2.05, 4.69) is 0 Å². The molecule has 0 amide bonds. The molecule has 0 bridgehead atoms. The first kappa shape index (κ1) is 9.04. The van der Waals surface area contributed by atoms with Crippen LogP contribution in [0.2, 0.25) is 0 Å². The normalized spacial score (nSPS) is 10.8. The predicted octanol–water partition coefficient (Wildman–Crippen LogP) is 2.84. The first-order valence-corrected chi connectivity index (χ1v) is 4.08. The molecule has 1 rings (SSSR count). The van der Waals surface area contributed by atoms with E-state index in [-0.39, 0.29) is 11.7 Å². The van der Waals surface area contributed by atoms with Gasteiger partial charge in [-0.2, -0.15) is 0 Å². The third kappa shape index (κ3) is 1.58. The summed E-state index contributed by atoms with van der Waals surface area (Å²) in [5.41, 5.74) is 7.76. The van der Waals surface area contributed by atoms with Crippen molar-refractivity contribution in [1.29, 1.82) is 0 Å². The molecule has 0 spiro atoms. The van der Waals surface area contributed by atoms with Crippen LogP contribution in [-0.2, 0) is 0 Å². The van der Waals surface area contributed by atoms with E-state index in [1.165, 1.54) is 6.07 Å². The van der Waals surface area contributed by atoms with Crippen molar-refractivity contribution in [3.8, 4) is 0 Å². The molecule has 0 saturated carbocycles. The van der Waals surface area contributed by atoms with Crippen molar-refractivity contribution >= 4 is 5.69 Å². The van der Waals surface area contributed by atoms with Crippen LogP contribution in [0, 0.1) is 12.7 Å². The summed E-state index contributed by atoms with van der Waals surface area (Å²) in [5, 5.41) is 0. The van der Waals surface area contributed by atoms with Gasteiger partial charge >= 0.3 is 0 Å². The molecule has 0 atom stereocenters. The number of halogens is 1. The zero-order chi connectivity index (χ0) is 9.30. The molecular formula is C10H14FN. The van der Waals surface area contributed by atoms with E-state index in [4.69, 9.17) is 5.73 Å². The van der Waals surface area contributed by atoms with Gasteiger partial charge in [-0.05, 0) is 30.0 Å². The number of anilines is 1. The van der Waals surface area contributed by atoms with Crippen molar-refractivity contribution in [2.75, 3.05) is 5.73 Å². The molecular weight excluding hydrogens is 153 g/mol. The molecule has 0 aliphatic carbocycles. The molecule has 2 heteroatoms. The zero-order valence-electron chi connectivity index (χ0n) is 7.69. The van der Waals surface area contributed by atoms with Gasteiger partial charge in [-0.3, -0.25) is 0 Å². The Morgan fingerprint density at radius 3 is 2.42 bits per heavy atom. The zero-order valence-corrected chi connectivity index (χ0v) is 7.69. The number of nitrogen functional groups attached to an aromatic ring is 1. The van der Waals surface area contributed by atoms with Gasteiger partial charge in [0, 0.05) is 5.69 Å². The lowest BCUT2D eigenvalue weighted by molar-refractivity contribution is 0.598. The fraction of sp³-hybridized carbons (Fsp3) is 0.400. The highest BCUT2D eigenvalue weighted by Crippen LogP contribution is 2.23. The summed E-state index contributed by atoms with van der Waals surface area (Å²) in [5.74, 6) is 0.0115. The first-order chi connectivity index (χ1) is 5.52. The molecule has 0 aliphatic heterocycles. The van der Waals surface area contributed by atoms with Crippen LogP contribution in [0.25, 0.3) is 0 Å². The van der Waals surface area contributed by atoms with E-state index >= 15 is 0 Å². The number of nitrogens with two attached hydrogens (primary N) is 1. The van der Waals surface area contributed by atoms with Crippen molar-refractivity contribution in [3.05, 3.63) is 29.1 Å². The lowest BCUT2D eigenvalue weighted by Gasteiger charge is -2.09. The van der Waals surface area contributed by atoms with Gasteiger partial charge in [-0.25, -0.2) is 4.39 Å². The third-order valence-electron chi connectivity index (χ3n) is 2.01. The molecule has 12 heavy (non-hydrogen) atoms. The van der Waals surface area contributed by atoms with Gasteiger partial charge in [-0.1, -0.05) is 19.9 Å². The van der Waals surface area contributed by atoms with E-state index in [9.17, 15) is 4.39 Å². The van der Waals surface area contributed by atoms with Crippen LogP contribution in [0.1, 0.15) is 30.9 Å². The maximum absolute atomic E-state index is 13.2. The van der Waals surface area contributed by atoms with Crippen molar-refractivity contribution in [3.63, 3.8) is 0 Å². The van der Waals surface area contributed by atoms with E-state index < -0.39 is 0 Å². The molecule has 0 fully saturated rings. The summed E-state index contributed by atoms with van der Waals surface area (Å²) >= 11 is 0. The second kappa shape index (κ2) is 3.13. The van der Waals surface area contributed by atoms with E-state index in [0.29, 0.717) is 5.69 Å².